The Morgan fingerprint density at radius 1 is 1.23 bits per heavy atom. The summed E-state index contributed by atoms with van der Waals surface area (Å²) >= 11 is 0. The van der Waals surface area contributed by atoms with Crippen molar-refractivity contribution in [3.63, 3.8) is 0 Å². The average Bonchev–Trinajstić information content (AvgIpc) is 2.53. The number of ether oxygens (including phenoxy) is 2. The van der Waals surface area contributed by atoms with E-state index in [1.165, 1.54) is 37.7 Å². The Morgan fingerprint density at radius 2 is 2.05 bits per heavy atom. The molecular weight excluding hydrogens is 274 g/mol. The monoisotopic (exact) mass is 303 g/mol. The summed E-state index contributed by atoms with van der Waals surface area (Å²) in [6, 6.07) is 6.61. The zero-order valence-electron chi connectivity index (χ0n) is 14.0. The van der Waals surface area contributed by atoms with E-state index >= 15 is 0 Å². The molecule has 1 aromatic rings. The highest BCUT2D eigenvalue weighted by Crippen LogP contribution is 2.48. The second-order valence-electron chi connectivity index (χ2n) is 6.68. The number of nitrogens with one attached hydrogen (secondary N) is 1. The first-order chi connectivity index (χ1) is 10.8. The SMILES string of the molecule is CCCOc1cccc2c1C(NCC)CC1(CCCCC1)O2. The van der Waals surface area contributed by atoms with E-state index in [1.807, 2.05) is 0 Å². The van der Waals surface area contributed by atoms with Crippen molar-refractivity contribution in [1.82, 2.24) is 5.32 Å². The van der Waals surface area contributed by atoms with Gasteiger partial charge in [-0.25, -0.2) is 0 Å². The second-order valence-corrected chi connectivity index (χ2v) is 6.68. The molecule has 1 spiro atoms. The van der Waals surface area contributed by atoms with E-state index in [0.717, 1.165) is 37.5 Å². The summed E-state index contributed by atoms with van der Waals surface area (Å²) < 4.78 is 12.5. The molecule has 3 nitrogen and oxygen atoms in total. The molecule has 3 heteroatoms. The summed E-state index contributed by atoms with van der Waals surface area (Å²) in [6.07, 6.45) is 8.41. The van der Waals surface area contributed by atoms with Crippen LogP contribution in [0.1, 0.15) is 70.4 Å². The quantitative estimate of drug-likeness (QED) is 0.861. The van der Waals surface area contributed by atoms with Crippen molar-refractivity contribution in [3.05, 3.63) is 23.8 Å². The fraction of sp³-hybridized carbons (Fsp3) is 0.684. The summed E-state index contributed by atoms with van der Waals surface area (Å²) in [5.74, 6) is 2.03. The van der Waals surface area contributed by atoms with Crippen LogP contribution in [0.2, 0.25) is 0 Å². The van der Waals surface area contributed by atoms with E-state index in [-0.39, 0.29) is 5.60 Å². The lowest BCUT2D eigenvalue weighted by Crippen LogP contribution is -2.45. The predicted octanol–water partition coefficient (Wildman–Crippen LogP) is 4.61. The van der Waals surface area contributed by atoms with E-state index < -0.39 is 0 Å². The standard InChI is InChI=1S/C19H29NO2/c1-3-13-21-16-9-8-10-17-18(16)15(20-4-2)14-19(22-17)11-6-5-7-12-19/h8-10,15,20H,3-7,11-14H2,1-2H3. The van der Waals surface area contributed by atoms with Crippen molar-refractivity contribution in [2.24, 2.45) is 0 Å². The van der Waals surface area contributed by atoms with Gasteiger partial charge in [0.2, 0.25) is 0 Å². The summed E-state index contributed by atoms with van der Waals surface area (Å²) in [6.45, 7) is 6.06. The highest BCUT2D eigenvalue weighted by atomic mass is 16.5. The van der Waals surface area contributed by atoms with Gasteiger partial charge in [0.1, 0.15) is 17.1 Å². The van der Waals surface area contributed by atoms with Gasteiger partial charge in [-0.3, -0.25) is 0 Å². The molecule has 0 bridgehead atoms. The zero-order chi connectivity index (χ0) is 15.4. The lowest BCUT2D eigenvalue weighted by molar-refractivity contribution is -0.00330. The Morgan fingerprint density at radius 3 is 2.77 bits per heavy atom. The van der Waals surface area contributed by atoms with Gasteiger partial charge >= 0.3 is 0 Å². The van der Waals surface area contributed by atoms with Crippen LogP contribution in [-0.2, 0) is 0 Å². The number of benzene rings is 1. The molecular formula is C19H29NO2. The molecule has 1 aromatic carbocycles. The Kier molecular flexibility index (Phi) is 4.92. The molecule has 1 aliphatic heterocycles. The van der Waals surface area contributed by atoms with Gasteiger partial charge in [0, 0.05) is 12.5 Å². The van der Waals surface area contributed by atoms with Gasteiger partial charge in [0.25, 0.3) is 0 Å². The smallest absolute Gasteiger partial charge is 0.128 e. The van der Waals surface area contributed by atoms with Crippen molar-refractivity contribution >= 4 is 0 Å². The summed E-state index contributed by atoms with van der Waals surface area (Å²) in [4.78, 5) is 0. The Hall–Kier alpha value is -1.22. The van der Waals surface area contributed by atoms with E-state index in [9.17, 15) is 0 Å². The molecule has 1 atom stereocenters. The van der Waals surface area contributed by atoms with Gasteiger partial charge in [-0.1, -0.05) is 26.3 Å². The first-order valence-corrected chi connectivity index (χ1v) is 8.96. The molecule has 2 aliphatic rings. The summed E-state index contributed by atoms with van der Waals surface area (Å²) in [7, 11) is 0. The van der Waals surface area contributed by atoms with Crippen molar-refractivity contribution in [2.75, 3.05) is 13.2 Å². The van der Waals surface area contributed by atoms with Crippen molar-refractivity contribution in [3.8, 4) is 11.5 Å². The number of hydrogen-bond acceptors (Lipinski definition) is 3. The van der Waals surface area contributed by atoms with Crippen LogP contribution in [0, 0.1) is 0 Å². The molecule has 0 radical (unpaired) electrons. The summed E-state index contributed by atoms with van der Waals surface area (Å²) in [5, 5.41) is 3.67. The van der Waals surface area contributed by atoms with Crippen LogP contribution >= 0.6 is 0 Å². The minimum absolute atomic E-state index is 0.0431. The summed E-state index contributed by atoms with van der Waals surface area (Å²) in [5.41, 5.74) is 1.27. The van der Waals surface area contributed by atoms with E-state index in [0.29, 0.717) is 6.04 Å². The highest BCUT2D eigenvalue weighted by Gasteiger charge is 2.42. The maximum absolute atomic E-state index is 6.54. The van der Waals surface area contributed by atoms with Crippen molar-refractivity contribution in [1.29, 1.82) is 0 Å². The van der Waals surface area contributed by atoms with Crippen molar-refractivity contribution in [2.45, 2.75) is 70.4 Å². The minimum Gasteiger partial charge on any atom is -0.493 e. The Labute approximate surface area is 134 Å². The maximum Gasteiger partial charge on any atom is 0.128 e. The topological polar surface area (TPSA) is 30.5 Å². The minimum atomic E-state index is 0.0431. The van der Waals surface area contributed by atoms with Crippen molar-refractivity contribution < 1.29 is 9.47 Å². The lowest BCUT2D eigenvalue weighted by Gasteiger charge is -2.45. The van der Waals surface area contributed by atoms with Gasteiger partial charge in [0.15, 0.2) is 0 Å². The third-order valence-electron chi connectivity index (χ3n) is 4.95. The fourth-order valence-electron chi connectivity index (χ4n) is 3.97. The predicted molar refractivity (Wildman–Crippen MR) is 89.7 cm³/mol. The van der Waals surface area contributed by atoms with Gasteiger partial charge < -0.3 is 14.8 Å². The van der Waals surface area contributed by atoms with Crippen LogP contribution in [-0.4, -0.2) is 18.8 Å². The van der Waals surface area contributed by atoms with Crippen LogP contribution in [0.25, 0.3) is 0 Å². The molecule has 0 aromatic heterocycles. The van der Waals surface area contributed by atoms with E-state index in [4.69, 9.17) is 9.47 Å². The van der Waals surface area contributed by atoms with Gasteiger partial charge in [-0.2, -0.15) is 0 Å². The zero-order valence-corrected chi connectivity index (χ0v) is 14.0. The molecule has 1 unspecified atom stereocenters. The van der Waals surface area contributed by atoms with E-state index in [2.05, 4.69) is 37.4 Å². The average molecular weight is 303 g/mol. The van der Waals surface area contributed by atoms with Crippen LogP contribution in [0.4, 0.5) is 0 Å². The van der Waals surface area contributed by atoms with Gasteiger partial charge in [-0.05, 0) is 50.8 Å². The maximum atomic E-state index is 6.54. The molecule has 1 saturated carbocycles. The molecule has 1 heterocycles. The first kappa shape index (κ1) is 15.7. The van der Waals surface area contributed by atoms with Crippen LogP contribution in [0.5, 0.6) is 11.5 Å². The van der Waals surface area contributed by atoms with Crippen LogP contribution in [0.15, 0.2) is 18.2 Å². The van der Waals surface area contributed by atoms with Gasteiger partial charge in [-0.15, -0.1) is 0 Å². The highest BCUT2D eigenvalue weighted by molar-refractivity contribution is 5.49. The normalized spacial score (nSPS) is 22.9. The molecule has 0 saturated heterocycles. The number of fused-ring (bicyclic) bond motifs is 1. The lowest BCUT2D eigenvalue weighted by atomic mass is 9.77. The van der Waals surface area contributed by atoms with Crippen LogP contribution < -0.4 is 14.8 Å². The molecule has 122 valence electrons. The Balaban J connectivity index is 1.92. The molecule has 0 amide bonds. The van der Waals surface area contributed by atoms with E-state index in [1.54, 1.807) is 0 Å². The molecule has 1 aliphatic carbocycles. The first-order valence-electron chi connectivity index (χ1n) is 8.96. The largest absolute Gasteiger partial charge is 0.493 e. The molecule has 3 rings (SSSR count). The fourth-order valence-corrected chi connectivity index (χ4v) is 3.97. The number of rotatable bonds is 5. The molecule has 1 N–H and O–H groups in total. The molecule has 1 fully saturated rings. The second kappa shape index (κ2) is 6.91. The number of hydrogen-bond donors (Lipinski definition) is 1. The van der Waals surface area contributed by atoms with Crippen LogP contribution in [0.3, 0.4) is 0 Å². The third kappa shape index (κ3) is 3.10. The third-order valence-corrected chi connectivity index (χ3v) is 4.95. The molecule has 22 heavy (non-hydrogen) atoms. The Bertz CT molecular complexity index is 494. The van der Waals surface area contributed by atoms with Gasteiger partial charge in [0.05, 0.1) is 12.2 Å².